The maximum absolute atomic E-state index is 13.9. The van der Waals surface area contributed by atoms with Gasteiger partial charge in [-0.25, -0.2) is 4.39 Å². The Morgan fingerprint density at radius 3 is 2.78 bits per heavy atom. The van der Waals surface area contributed by atoms with E-state index >= 15 is 0 Å². The molecule has 4 rings (SSSR count). The number of hydrogen-bond donors (Lipinski definition) is 3. The second-order valence-electron chi connectivity index (χ2n) is 8.08. The largest absolute Gasteiger partial charge is 0.465 e. The van der Waals surface area contributed by atoms with E-state index in [-0.39, 0.29) is 35.8 Å². The van der Waals surface area contributed by atoms with Crippen molar-refractivity contribution in [3.63, 3.8) is 0 Å². The molecule has 0 saturated carbocycles. The molecule has 3 aromatic rings. The molecule has 1 fully saturated rings. The van der Waals surface area contributed by atoms with Crippen molar-refractivity contribution >= 4 is 40.9 Å². The molecule has 4 N–H and O–H groups in total. The van der Waals surface area contributed by atoms with Gasteiger partial charge in [0.05, 0.1) is 18.5 Å². The first kappa shape index (κ1) is 25.3. The quantitative estimate of drug-likeness (QED) is 0.374. The van der Waals surface area contributed by atoms with Gasteiger partial charge in [-0.15, -0.1) is 11.8 Å². The van der Waals surface area contributed by atoms with Crippen molar-refractivity contribution in [2.24, 2.45) is 5.73 Å². The third-order valence-corrected chi connectivity index (χ3v) is 6.88. The molecule has 186 valence electrons. The molecule has 0 spiro atoms. The second-order valence-corrected chi connectivity index (χ2v) is 9.39. The normalized spacial score (nSPS) is 14.8. The summed E-state index contributed by atoms with van der Waals surface area (Å²) in [6.45, 7) is 0.678. The van der Waals surface area contributed by atoms with E-state index in [0.717, 1.165) is 22.9 Å². The summed E-state index contributed by atoms with van der Waals surface area (Å²) in [6.07, 6.45) is 3.35. The van der Waals surface area contributed by atoms with Gasteiger partial charge in [-0.3, -0.25) is 19.4 Å². The van der Waals surface area contributed by atoms with E-state index in [0.29, 0.717) is 30.0 Å². The number of pyridine rings is 1. The zero-order valence-electron chi connectivity index (χ0n) is 19.3. The fraction of sp³-hybridized carbons (Fsp3) is 0.231. The molecule has 0 aliphatic carbocycles. The second kappa shape index (κ2) is 11.8. The molecule has 2 amide bonds. The molecule has 1 aromatic heterocycles. The fourth-order valence-electron chi connectivity index (χ4n) is 3.75. The van der Waals surface area contributed by atoms with E-state index < -0.39 is 11.7 Å². The van der Waals surface area contributed by atoms with E-state index in [9.17, 15) is 18.8 Å². The Morgan fingerprint density at radius 1 is 1.17 bits per heavy atom. The highest BCUT2D eigenvalue weighted by atomic mass is 32.2. The third-order valence-electron chi connectivity index (χ3n) is 5.61. The number of nitrogens with zero attached hydrogens (tertiary/aromatic N) is 1. The van der Waals surface area contributed by atoms with Crippen molar-refractivity contribution in [1.29, 1.82) is 0 Å². The van der Waals surface area contributed by atoms with Gasteiger partial charge in [0, 0.05) is 42.6 Å². The molecule has 8 nitrogen and oxygen atoms in total. The number of aromatic nitrogens is 1. The van der Waals surface area contributed by atoms with E-state index in [4.69, 9.17) is 10.5 Å². The number of halogens is 1. The van der Waals surface area contributed by atoms with Gasteiger partial charge in [-0.2, -0.15) is 0 Å². The molecule has 0 radical (unpaired) electrons. The lowest BCUT2D eigenvalue weighted by molar-refractivity contribution is -0.137. The Hall–Kier alpha value is -3.76. The molecule has 36 heavy (non-hydrogen) atoms. The summed E-state index contributed by atoms with van der Waals surface area (Å²) in [6, 6.07) is 13.7. The Kier molecular flexibility index (Phi) is 8.29. The highest BCUT2D eigenvalue weighted by molar-refractivity contribution is 8.00. The van der Waals surface area contributed by atoms with E-state index in [1.165, 1.54) is 24.0 Å². The summed E-state index contributed by atoms with van der Waals surface area (Å²) in [7, 11) is 0. The smallest absolute Gasteiger partial charge is 0.319 e. The molecule has 2 aromatic carbocycles. The van der Waals surface area contributed by atoms with Gasteiger partial charge in [0.15, 0.2) is 5.82 Å². The number of benzene rings is 2. The first-order chi connectivity index (χ1) is 17.4. The third kappa shape index (κ3) is 6.27. The van der Waals surface area contributed by atoms with Crippen LogP contribution in [0.15, 0.2) is 60.9 Å². The Balaban J connectivity index is 1.45. The number of nitrogens with one attached hydrogen (secondary N) is 2. The van der Waals surface area contributed by atoms with Crippen LogP contribution < -0.4 is 16.4 Å². The van der Waals surface area contributed by atoms with Crippen LogP contribution in [0.1, 0.15) is 28.8 Å². The molecule has 2 heterocycles. The van der Waals surface area contributed by atoms with Crippen molar-refractivity contribution < 1.29 is 23.5 Å². The average Bonchev–Trinajstić information content (AvgIpc) is 3.29. The van der Waals surface area contributed by atoms with Gasteiger partial charge in [0.25, 0.3) is 5.91 Å². The number of cyclic esters (lactones) is 1. The van der Waals surface area contributed by atoms with Crippen molar-refractivity contribution in [2.45, 2.75) is 24.6 Å². The summed E-state index contributed by atoms with van der Waals surface area (Å²) >= 11 is 1.43. The van der Waals surface area contributed by atoms with Gasteiger partial charge in [-0.05, 0) is 47.0 Å². The molecule has 10 heteroatoms. The topological polar surface area (TPSA) is 123 Å². The number of thioether (sulfide) groups is 1. The Bertz CT molecular complexity index is 1290. The summed E-state index contributed by atoms with van der Waals surface area (Å²) in [5, 5.41) is 5.23. The van der Waals surface area contributed by atoms with E-state index in [1.54, 1.807) is 36.4 Å². The maximum atomic E-state index is 13.9. The van der Waals surface area contributed by atoms with Crippen molar-refractivity contribution in [1.82, 2.24) is 4.98 Å². The van der Waals surface area contributed by atoms with Gasteiger partial charge in [0.2, 0.25) is 5.91 Å². The molecular weight excluding hydrogens is 483 g/mol. The SMILES string of the molecule is NCc1ccc(C(=O)Nc2ccncc2F)cc1-c1cccc(NC(=O)CCSC2CCOC2=O)c1. The van der Waals surface area contributed by atoms with E-state index in [2.05, 4.69) is 15.6 Å². The van der Waals surface area contributed by atoms with Crippen LogP contribution in [-0.4, -0.2) is 40.4 Å². The molecule has 1 saturated heterocycles. The highest BCUT2D eigenvalue weighted by Crippen LogP contribution is 2.28. The monoisotopic (exact) mass is 508 g/mol. The van der Waals surface area contributed by atoms with Gasteiger partial charge < -0.3 is 21.1 Å². The minimum Gasteiger partial charge on any atom is -0.465 e. The van der Waals surface area contributed by atoms with Gasteiger partial charge >= 0.3 is 5.97 Å². The minimum atomic E-state index is -0.630. The number of esters is 1. The van der Waals surface area contributed by atoms with Crippen LogP contribution in [0.3, 0.4) is 0 Å². The Labute approximate surface area is 211 Å². The van der Waals surface area contributed by atoms with Crippen LogP contribution in [0, 0.1) is 5.82 Å². The van der Waals surface area contributed by atoms with Gasteiger partial charge in [0.1, 0.15) is 5.25 Å². The molecule has 1 atom stereocenters. The van der Waals surface area contributed by atoms with Crippen molar-refractivity contribution in [3.05, 3.63) is 77.9 Å². The minimum absolute atomic E-state index is 0.0344. The molecule has 1 aliphatic heterocycles. The molecule has 1 unspecified atom stereocenters. The highest BCUT2D eigenvalue weighted by Gasteiger charge is 2.26. The predicted octanol–water partition coefficient (Wildman–Crippen LogP) is 3.98. The lowest BCUT2D eigenvalue weighted by Gasteiger charge is -2.13. The van der Waals surface area contributed by atoms with Crippen LogP contribution in [0.5, 0.6) is 0 Å². The standard InChI is InChI=1S/C26H25FN4O4S/c27-21-15-29-9-6-22(21)31-25(33)17-4-5-18(14-28)20(13-17)16-2-1-3-19(12-16)30-24(32)8-11-36-23-7-10-35-26(23)34/h1-6,9,12-13,15,23H,7-8,10-11,14,28H2,(H,30,32)(H,29,31,33). The number of rotatable bonds is 9. The number of nitrogens with two attached hydrogens (primary N) is 1. The van der Waals surface area contributed by atoms with Crippen molar-refractivity contribution in [3.8, 4) is 11.1 Å². The predicted molar refractivity (Wildman–Crippen MR) is 137 cm³/mol. The molecule has 1 aliphatic rings. The lowest BCUT2D eigenvalue weighted by Crippen LogP contribution is -2.15. The number of anilines is 2. The van der Waals surface area contributed by atoms with E-state index in [1.807, 2.05) is 6.07 Å². The summed E-state index contributed by atoms with van der Waals surface area (Å²) in [4.78, 5) is 40.4. The summed E-state index contributed by atoms with van der Waals surface area (Å²) < 4.78 is 18.8. The number of hydrogen-bond acceptors (Lipinski definition) is 7. The first-order valence-corrected chi connectivity index (χ1v) is 12.4. The summed E-state index contributed by atoms with van der Waals surface area (Å²) in [5.41, 5.74) is 9.19. The van der Waals surface area contributed by atoms with Crippen LogP contribution in [-0.2, 0) is 20.9 Å². The fourth-order valence-corrected chi connectivity index (χ4v) is 4.80. The van der Waals surface area contributed by atoms with Crippen molar-refractivity contribution in [2.75, 3.05) is 23.0 Å². The molecular formula is C26H25FN4O4S. The zero-order chi connectivity index (χ0) is 25.5. The average molecular weight is 509 g/mol. The number of ether oxygens (including phenoxy) is 1. The zero-order valence-corrected chi connectivity index (χ0v) is 20.1. The van der Waals surface area contributed by atoms with Gasteiger partial charge in [-0.1, -0.05) is 18.2 Å². The van der Waals surface area contributed by atoms with Crippen LogP contribution in [0.4, 0.5) is 15.8 Å². The van der Waals surface area contributed by atoms with Crippen LogP contribution in [0.2, 0.25) is 0 Å². The summed E-state index contributed by atoms with van der Waals surface area (Å²) in [5.74, 6) is -0.978. The first-order valence-electron chi connectivity index (χ1n) is 11.4. The van der Waals surface area contributed by atoms with Crippen LogP contribution in [0.25, 0.3) is 11.1 Å². The number of amides is 2. The molecule has 0 bridgehead atoms. The Morgan fingerprint density at radius 2 is 2.03 bits per heavy atom. The number of carbonyl (C=O) groups excluding carboxylic acids is 3. The maximum Gasteiger partial charge on any atom is 0.319 e. The number of carbonyl (C=O) groups is 3. The van der Waals surface area contributed by atoms with Crippen LogP contribution >= 0.6 is 11.8 Å². The lowest BCUT2D eigenvalue weighted by atomic mass is 9.96.